The van der Waals surface area contributed by atoms with E-state index in [1.807, 2.05) is 55.5 Å². The number of aryl methyl sites for hydroxylation is 1. The molecule has 0 radical (unpaired) electrons. The van der Waals surface area contributed by atoms with E-state index in [4.69, 9.17) is 14.2 Å². The number of hydrazone groups is 1. The number of benzene rings is 5. The Hall–Kier alpha value is -5.35. The molecular formula is C35H33N3O6S. The van der Waals surface area contributed by atoms with Crippen LogP contribution in [0.3, 0.4) is 0 Å². The monoisotopic (exact) mass is 623 g/mol. The molecule has 0 bridgehead atoms. The van der Waals surface area contributed by atoms with Gasteiger partial charge in [0, 0.05) is 6.07 Å². The summed E-state index contributed by atoms with van der Waals surface area (Å²) in [5.41, 5.74) is 5.52. The quantitative estimate of drug-likeness (QED) is 0.133. The van der Waals surface area contributed by atoms with Crippen LogP contribution in [0, 0.1) is 6.92 Å². The zero-order valence-electron chi connectivity index (χ0n) is 25.1. The van der Waals surface area contributed by atoms with Gasteiger partial charge in [-0.3, -0.25) is 9.10 Å². The van der Waals surface area contributed by atoms with Crippen molar-refractivity contribution in [3.8, 4) is 17.2 Å². The molecule has 9 nitrogen and oxygen atoms in total. The van der Waals surface area contributed by atoms with Crippen molar-refractivity contribution in [2.24, 2.45) is 5.10 Å². The molecule has 0 saturated carbocycles. The van der Waals surface area contributed by atoms with Gasteiger partial charge in [0.25, 0.3) is 15.9 Å². The van der Waals surface area contributed by atoms with Crippen molar-refractivity contribution in [3.05, 3.63) is 126 Å². The molecule has 1 amide bonds. The second-order valence-electron chi connectivity index (χ2n) is 10.2. The Morgan fingerprint density at radius 2 is 1.56 bits per heavy atom. The van der Waals surface area contributed by atoms with E-state index >= 15 is 0 Å². The second kappa shape index (κ2) is 14.0. The summed E-state index contributed by atoms with van der Waals surface area (Å²) in [5.74, 6) is 0.709. The summed E-state index contributed by atoms with van der Waals surface area (Å²) in [5, 5.41) is 6.35. The van der Waals surface area contributed by atoms with Crippen molar-refractivity contribution >= 4 is 38.6 Å². The fraction of sp³-hybridized carbons (Fsp3) is 0.143. The molecular weight excluding hydrogens is 590 g/mol. The third-order valence-corrected chi connectivity index (χ3v) is 8.88. The Morgan fingerprint density at radius 3 is 2.29 bits per heavy atom. The molecule has 0 aromatic heterocycles. The molecule has 0 unspecified atom stereocenters. The maximum atomic E-state index is 13.8. The normalized spacial score (nSPS) is 11.4. The molecule has 5 aromatic carbocycles. The molecule has 10 heteroatoms. The van der Waals surface area contributed by atoms with Crippen LogP contribution < -0.4 is 23.9 Å². The smallest absolute Gasteiger partial charge is 0.264 e. The summed E-state index contributed by atoms with van der Waals surface area (Å²) >= 11 is 0. The maximum absolute atomic E-state index is 13.8. The average Bonchev–Trinajstić information content (AvgIpc) is 3.07. The largest absolute Gasteiger partial charge is 0.493 e. The van der Waals surface area contributed by atoms with Gasteiger partial charge in [-0.2, -0.15) is 5.10 Å². The predicted octanol–water partition coefficient (Wildman–Crippen LogP) is 6.09. The summed E-state index contributed by atoms with van der Waals surface area (Å²) in [7, 11) is -1.28. The Morgan fingerprint density at radius 1 is 0.844 bits per heavy atom. The molecule has 5 rings (SSSR count). The van der Waals surface area contributed by atoms with Gasteiger partial charge in [0.05, 0.1) is 31.0 Å². The molecule has 230 valence electrons. The van der Waals surface area contributed by atoms with Gasteiger partial charge in [-0.15, -0.1) is 0 Å². The van der Waals surface area contributed by atoms with Gasteiger partial charge in [0.15, 0.2) is 11.5 Å². The lowest BCUT2D eigenvalue weighted by atomic mass is 10.1. The van der Waals surface area contributed by atoms with Crippen molar-refractivity contribution in [2.45, 2.75) is 18.4 Å². The topological polar surface area (TPSA) is 107 Å². The average molecular weight is 624 g/mol. The zero-order valence-corrected chi connectivity index (χ0v) is 26.0. The Kier molecular flexibility index (Phi) is 9.64. The van der Waals surface area contributed by atoms with Gasteiger partial charge in [0.2, 0.25) is 0 Å². The highest BCUT2D eigenvalue weighted by Crippen LogP contribution is 2.32. The first-order valence-electron chi connectivity index (χ1n) is 14.1. The minimum Gasteiger partial charge on any atom is -0.493 e. The molecule has 0 aliphatic carbocycles. The van der Waals surface area contributed by atoms with Crippen LogP contribution in [-0.2, 0) is 21.4 Å². The second-order valence-corrected chi connectivity index (χ2v) is 12.0. The molecule has 1 N–H and O–H groups in total. The third kappa shape index (κ3) is 7.42. The zero-order chi connectivity index (χ0) is 31.8. The van der Waals surface area contributed by atoms with E-state index in [1.165, 1.54) is 38.6 Å². The lowest BCUT2D eigenvalue weighted by Gasteiger charge is -2.24. The number of sulfonamides is 1. The third-order valence-electron chi connectivity index (χ3n) is 7.11. The summed E-state index contributed by atoms with van der Waals surface area (Å²) in [6.45, 7) is 1.81. The molecule has 0 aliphatic rings. The summed E-state index contributed by atoms with van der Waals surface area (Å²) in [6.07, 6.45) is 1.48. The van der Waals surface area contributed by atoms with Crippen LogP contribution in [0.2, 0.25) is 0 Å². The first-order chi connectivity index (χ1) is 21.8. The molecule has 45 heavy (non-hydrogen) atoms. The van der Waals surface area contributed by atoms with Crippen molar-refractivity contribution in [1.82, 2.24) is 5.43 Å². The highest BCUT2D eigenvalue weighted by atomic mass is 32.2. The summed E-state index contributed by atoms with van der Waals surface area (Å²) in [6, 6.07) is 32.7. The van der Waals surface area contributed by atoms with Gasteiger partial charge >= 0.3 is 0 Å². The van der Waals surface area contributed by atoms with Crippen LogP contribution in [0.1, 0.15) is 16.7 Å². The number of nitrogens with one attached hydrogen (secondary N) is 1. The first kappa shape index (κ1) is 31.1. The Labute approximate surface area is 262 Å². The summed E-state index contributed by atoms with van der Waals surface area (Å²) < 4.78 is 45.1. The number of nitrogens with zero attached hydrogens (tertiary/aromatic N) is 2. The van der Waals surface area contributed by atoms with Crippen LogP contribution in [0.15, 0.2) is 119 Å². The molecule has 0 fully saturated rings. The van der Waals surface area contributed by atoms with Crippen molar-refractivity contribution in [2.75, 3.05) is 25.1 Å². The van der Waals surface area contributed by atoms with E-state index in [0.29, 0.717) is 23.8 Å². The van der Waals surface area contributed by atoms with E-state index in [-0.39, 0.29) is 10.6 Å². The number of carbonyl (C=O) groups is 1. The van der Waals surface area contributed by atoms with Crippen molar-refractivity contribution < 1.29 is 27.4 Å². The number of carbonyl (C=O) groups excluding carboxylic acids is 1. The molecule has 0 aliphatic heterocycles. The van der Waals surface area contributed by atoms with Crippen LogP contribution >= 0.6 is 0 Å². The van der Waals surface area contributed by atoms with E-state index in [9.17, 15) is 13.2 Å². The molecule has 0 atom stereocenters. The van der Waals surface area contributed by atoms with Gasteiger partial charge in [-0.25, -0.2) is 13.8 Å². The van der Waals surface area contributed by atoms with E-state index < -0.39 is 22.5 Å². The molecule has 0 heterocycles. The Bertz CT molecular complexity index is 1920. The van der Waals surface area contributed by atoms with E-state index in [0.717, 1.165) is 31.8 Å². The van der Waals surface area contributed by atoms with E-state index in [1.54, 1.807) is 24.3 Å². The SMILES string of the molecule is COc1ccc(S(=O)(=O)N(CC(=O)N/N=C\c2ccc(OCc3cccc4ccccc34)cc2)c2ccc(C)cc2)cc1OC. The van der Waals surface area contributed by atoms with Crippen LogP contribution in [0.4, 0.5) is 5.69 Å². The highest BCUT2D eigenvalue weighted by molar-refractivity contribution is 7.92. The highest BCUT2D eigenvalue weighted by Gasteiger charge is 2.28. The number of ether oxygens (including phenoxy) is 3. The minimum atomic E-state index is -4.17. The maximum Gasteiger partial charge on any atom is 0.264 e. The molecule has 5 aromatic rings. The number of methoxy groups -OCH3 is 2. The fourth-order valence-electron chi connectivity index (χ4n) is 4.70. The first-order valence-corrected chi connectivity index (χ1v) is 15.6. The standard InChI is InChI=1S/C35H33N3O6S/c1-25-11-15-29(16-12-25)38(45(40,41)31-19-20-33(42-2)34(21-31)43-3)23-35(39)37-36-22-26-13-17-30(18-14-26)44-24-28-9-6-8-27-7-4-5-10-32(27)28/h4-22H,23-24H2,1-3H3,(H,37,39)/b36-22-. The number of anilines is 1. The molecule has 0 spiro atoms. The van der Waals surface area contributed by atoms with E-state index in [2.05, 4.69) is 28.7 Å². The lowest BCUT2D eigenvalue weighted by molar-refractivity contribution is -0.119. The number of fused-ring (bicyclic) bond motifs is 1. The number of hydrogen-bond donors (Lipinski definition) is 1. The predicted molar refractivity (Wildman–Crippen MR) is 176 cm³/mol. The fourth-order valence-corrected chi connectivity index (χ4v) is 6.14. The van der Waals surface area contributed by atoms with Crippen LogP contribution in [0.25, 0.3) is 10.8 Å². The lowest BCUT2D eigenvalue weighted by Crippen LogP contribution is -2.39. The van der Waals surface area contributed by atoms with Gasteiger partial charge in [-0.05, 0) is 77.4 Å². The Balaban J connectivity index is 1.25. The summed E-state index contributed by atoms with van der Waals surface area (Å²) in [4.78, 5) is 12.9. The number of hydrogen-bond acceptors (Lipinski definition) is 7. The van der Waals surface area contributed by atoms with Crippen molar-refractivity contribution in [1.29, 1.82) is 0 Å². The number of amides is 1. The van der Waals surface area contributed by atoms with Gasteiger partial charge in [0.1, 0.15) is 18.9 Å². The van der Waals surface area contributed by atoms with Crippen LogP contribution in [0.5, 0.6) is 17.2 Å². The van der Waals surface area contributed by atoms with Gasteiger partial charge in [-0.1, -0.05) is 60.2 Å². The van der Waals surface area contributed by atoms with Gasteiger partial charge < -0.3 is 14.2 Å². The minimum absolute atomic E-state index is 0.0558. The molecule has 0 saturated heterocycles. The van der Waals surface area contributed by atoms with Crippen molar-refractivity contribution in [3.63, 3.8) is 0 Å². The van der Waals surface area contributed by atoms with Crippen LogP contribution in [-0.4, -0.2) is 41.3 Å². The number of rotatable bonds is 12.